The van der Waals surface area contributed by atoms with Crippen molar-refractivity contribution in [3.63, 3.8) is 0 Å². The summed E-state index contributed by atoms with van der Waals surface area (Å²) in [5.41, 5.74) is 0.258. The zero-order valence-electron chi connectivity index (χ0n) is 12.7. The Kier molecular flexibility index (Phi) is 3.97. The number of hydrogen-bond acceptors (Lipinski definition) is 3. The second kappa shape index (κ2) is 5.96. The molecule has 0 radical (unpaired) electrons. The molecule has 0 amide bonds. The van der Waals surface area contributed by atoms with Crippen LogP contribution in [0.4, 0.5) is 19.1 Å². The molecule has 3 aromatic rings. The molecule has 1 heterocycles. The lowest BCUT2D eigenvalue weighted by atomic mass is 10.0. The van der Waals surface area contributed by atoms with Crippen molar-refractivity contribution in [2.75, 3.05) is 12.4 Å². The maximum absolute atomic E-state index is 12.9. The van der Waals surface area contributed by atoms with Crippen LogP contribution >= 0.6 is 0 Å². The van der Waals surface area contributed by atoms with Gasteiger partial charge in [-0.3, -0.25) is 0 Å². The zero-order valence-corrected chi connectivity index (χ0v) is 12.7. The molecule has 3 nitrogen and oxygen atoms in total. The molecule has 124 valence electrons. The molecular weight excluding hydrogens is 319 g/mol. The molecule has 1 aromatic heterocycles. The summed E-state index contributed by atoms with van der Waals surface area (Å²) in [6.07, 6.45) is -4.46. The Labute approximate surface area is 136 Å². The van der Waals surface area contributed by atoms with Crippen molar-refractivity contribution >= 4 is 5.88 Å². The van der Waals surface area contributed by atoms with Gasteiger partial charge in [-0.05, 0) is 17.7 Å². The number of rotatable bonds is 3. The van der Waals surface area contributed by atoms with E-state index in [0.717, 1.165) is 12.1 Å². The van der Waals surface area contributed by atoms with Gasteiger partial charge in [0.1, 0.15) is 0 Å². The van der Waals surface area contributed by atoms with E-state index in [-0.39, 0.29) is 28.5 Å². The average Bonchev–Trinajstić information content (AvgIpc) is 2.91. The van der Waals surface area contributed by atoms with Gasteiger partial charge in [-0.1, -0.05) is 42.5 Å². The van der Waals surface area contributed by atoms with Gasteiger partial charge in [0.2, 0.25) is 5.88 Å². The van der Waals surface area contributed by atoms with Crippen LogP contribution in [0.1, 0.15) is 5.56 Å². The summed E-state index contributed by atoms with van der Waals surface area (Å²) in [5, 5.41) is 13.3. The number of hydrogen-bond donors (Lipinski definition) is 2. The lowest BCUT2D eigenvalue weighted by Crippen LogP contribution is -2.04. The minimum absolute atomic E-state index is 0.197. The maximum Gasteiger partial charge on any atom is 0.416 e. The van der Waals surface area contributed by atoms with Crippen LogP contribution in [0.3, 0.4) is 0 Å². The largest absolute Gasteiger partial charge is 0.504 e. The molecule has 2 N–H and O–H groups in total. The monoisotopic (exact) mass is 333 g/mol. The first-order chi connectivity index (χ1) is 11.4. The smallest absolute Gasteiger partial charge is 0.416 e. The molecule has 0 aliphatic carbocycles. The van der Waals surface area contributed by atoms with Crippen LogP contribution in [0, 0.1) is 0 Å². The van der Waals surface area contributed by atoms with Gasteiger partial charge in [0.15, 0.2) is 11.5 Å². The van der Waals surface area contributed by atoms with Crippen molar-refractivity contribution in [2.45, 2.75) is 6.18 Å². The molecule has 0 fully saturated rings. The fraction of sp³-hybridized carbons (Fsp3) is 0.111. The lowest BCUT2D eigenvalue weighted by Gasteiger charge is -2.09. The fourth-order valence-electron chi connectivity index (χ4n) is 2.50. The summed E-state index contributed by atoms with van der Waals surface area (Å²) in [6, 6.07) is 13.6. The van der Waals surface area contributed by atoms with Crippen LogP contribution < -0.4 is 5.32 Å². The third kappa shape index (κ3) is 2.82. The van der Waals surface area contributed by atoms with Gasteiger partial charge < -0.3 is 14.8 Å². The minimum atomic E-state index is -4.46. The van der Waals surface area contributed by atoms with Crippen molar-refractivity contribution in [2.24, 2.45) is 0 Å². The summed E-state index contributed by atoms with van der Waals surface area (Å²) < 4.78 is 44.4. The molecule has 0 aliphatic rings. The Morgan fingerprint density at radius 1 is 0.958 bits per heavy atom. The predicted molar refractivity (Wildman–Crippen MR) is 85.8 cm³/mol. The van der Waals surface area contributed by atoms with E-state index in [0.29, 0.717) is 5.56 Å². The van der Waals surface area contributed by atoms with Crippen LogP contribution in [0.15, 0.2) is 59.0 Å². The molecule has 0 unspecified atom stereocenters. The summed E-state index contributed by atoms with van der Waals surface area (Å²) in [7, 11) is 1.57. The number of halogens is 3. The topological polar surface area (TPSA) is 45.4 Å². The van der Waals surface area contributed by atoms with E-state index in [1.54, 1.807) is 31.3 Å². The lowest BCUT2D eigenvalue weighted by molar-refractivity contribution is -0.137. The van der Waals surface area contributed by atoms with Gasteiger partial charge in [-0.2, -0.15) is 13.2 Å². The van der Waals surface area contributed by atoms with Crippen LogP contribution in [-0.4, -0.2) is 12.2 Å². The Hall–Kier alpha value is -2.89. The summed E-state index contributed by atoms with van der Waals surface area (Å²) in [4.78, 5) is 0. The van der Waals surface area contributed by atoms with Crippen molar-refractivity contribution in [1.29, 1.82) is 0 Å². The number of alkyl halides is 3. The quantitative estimate of drug-likeness (QED) is 0.676. The number of aromatic hydroxyl groups is 1. The van der Waals surface area contributed by atoms with Crippen LogP contribution in [-0.2, 0) is 6.18 Å². The van der Waals surface area contributed by atoms with Crippen LogP contribution in [0.5, 0.6) is 5.75 Å². The predicted octanol–water partition coefficient (Wildman–Crippen LogP) is 5.38. The van der Waals surface area contributed by atoms with Gasteiger partial charge in [0, 0.05) is 12.6 Å². The molecule has 2 aromatic carbocycles. The zero-order chi connectivity index (χ0) is 17.3. The third-order valence-electron chi connectivity index (χ3n) is 3.62. The highest BCUT2D eigenvalue weighted by Crippen LogP contribution is 2.46. The van der Waals surface area contributed by atoms with Gasteiger partial charge in [0.05, 0.1) is 11.1 Å². The number of benzene rings is 2. The third-order valence-corrected chi connectivity index (χ3v) is 3.62. The Bertz CT molecular complexity index is 854. The molecule has 0 aliphatic heterocycles. The average molecular weight is 333 g/mol. The van der Waals surface area contributed by atoms with Crippen molar-refractivity contribution in [1.82, 2.24) is 0 Å². The van der Waals surface area contributed by atoms with E-state index < -0.39 is 11.7 Å². The molecule has 24 heavy (non-hydrogen) atoms. The van der Waals surface area contributed by atoms with E-state index in [4.69, 9.17) is 4.42 Å². The summed E-state index contributed by atoms with van der Waals surface area (Å²) in [5.74, 6) is 0.197. The van der Waals surface area contributed by atoms with E-state index in [9.17, 15) is 18.3 Å². The van der Waals surface area contributed by atoms with Crippen molar-refractivity contribution < 1.29 is 22.7 Å². The Morgan fingerprint density at radius 2 is 1.62 bits per heavy atom. The van der Waals surface area contributed by atoms with Gasteiger partial charge in [-0.15, -0.1) is 0 Å². The van der Waals surface area contributed by atoms with E-state index in [1.165, 1.54) is 12.1 Å². The standard InChI is InChI=1S/C18H14F3NO2/c1-22-17-14(12-8-5-9-13(10-12)18(19,20)21)15(23)16(24-17)11-6-3-2-4-7-11/h2-10,22-23H,1H3. The normalized spacial score (nSPS) is 11.5. The first kappa shape index (κ1) is 16.0. The summed E-state index contributed by atoms with van der Waals surface area (Å²) in [6.45, 7) is 0. The number of furan rings is 1. The van der Waals surface area contributed by atoms with Crippen molar-refractivity contribution in [3.05, 3.63) is 60.2 Å². The maximum atomic E-state index is 12.9. The van der Waals surface area contributed by atoms with Crippen molar-refractivity contribution in [3.8, 4) is 28.2 Å². The minimum Gasteiger partial charge on any atom is -0.504 e. The van der Waals surface area contributed by atoms with Gasteiger partial charge in [-0.25, -0.2) is 0 Å². The second-order valence-electron chi connectivity index (χ2n) is 5.18. The molecular formula is C18H14F3NO2. The molecule has 6 heteroatoms. The number of anilines is 1. The van der Waals surface area contributed by atoms with E-state index in [1.807, 2.05) is 6.07 Å². The molecule has 0 atom stereocenters. The van der Waals surface area contributed by atoms with Gasteiger partial charge >= 0.3 is 6.18 Å². The molecule has 0 saturated heterocycles. The highest BCUT2D eigenvalue weighted by Gasteiger charge is 2.31. The number of nitrogens with one attached hydrogen (secondary N) is 1. The van der Waals surface area contributed by atoms with E-state index >= 15 is 0 Å². The fourth-order valence-corrected chi connectivity index (χ4v) is 2.50. The highest BCUT2D eigenvalue weighted by molar-refractivity contribution is 5.87. The first-order valence-corrected chi connectivity index (χ1v) is 7.18. The molecule has 3 rings (SSSR count). The Morgan fingerprint density at radius 3 is 2.25 bits per heavy atom. The highest BCUT2D eigenvalue weighted by atomic mass is 19.4. The van der Waals surface area contributed by atoms with Gasteiger partial charge in [0.25, 0.3) is 0 Å². The molecule has 0 bridgehead atoms. The summed E-state index contributed by atoms with van der Waals surface area (Å²) >= 11 is 0. The van der Waals surface area contributed by atoms with Crippen LogP contribution in [0.2, 0.25) is 0 Å². The Balaban J connectivity index is 2.17. The van der Waals surface area contributed by atoms with Crippen LogP contribution in [0.25, 0.3) is 22.5 Å². The first-order valence-electron chi connectivity index (χ1n) is 7.18. The SMILES string of the molecule is CNc1oc(-c2ccccc2)c(O)c1-c1cccc(C(F)(F)F)c1. The molecule has 0 saturated carbocycles. The molecule has 0 spiro atoms. The second-order valence-corrected chi connectivity index (χ2v) is 5.18. The van der Waals surface area contributed by atoms with E-state index in [2.05, 4.69) is 5.32 Å².